The predicted molar refractivity (Wildman–Crippen MR) is 125 cm³/mol. The number of nitrogens with zero attached hydrogens (tertiary/aromatic N) is 1. The van der Waals surface area contributed by atoms with E-state index in [9.17, 15) is 14.0 Å². The maximum Gasteiger partial charge on any atom is 0.262 e. The molecule has 4 aromatic rings. The summed E-state index contributed by atoms with van der Waals surface area (Å²) in [4.78, 5) is 28.2. The molecule has 0 spiro atoms. The first-order valence-corrected chi connectivity index (χ1v) is 10.9. The van der Waals surface area contributed by atoms with Gasteiger partial charge in [0.15, 0.2) is 11.5 Å². The second-order valence-corrected chi connectivity index (χ2v) is 8.03. The Labute approximate surface area is 195 Å². The highest BCUT2D eigenvalue weighted by Gasteiger charge is 2.43. The van der Waals surface area contributed by atoms with Gasteiger partial charge in [0.1, 0.15) is 28.8 Å². The van der Waals surface area contributed by atoms with Crippen LogP contribution < -0.4 is 14.9 Å². The Morgan fingerprint density at radius 3 is 2.44 bits per heavy atom. The van der Waals surface area contributed by atoms with Crippen LogP contribution in [-0.4, -0.2) is 31.6 Å². The zero-order valence-corrected chi connectivity index (χ0v) is 18.7. The summed E-state index contributed by atoms with van der Waals surface area (Å²) >= 11 is 0. The number of rotatable bonds is 6. The van der Waals surface area contributed by atoms with E-state index in [0.29, 0.717) is 28.9 Å². The number of carbonyl (C=O) groups is 1. The Balaban J connectivity index is 1.59. The number of para-hydroxylation sites is 1. The Morgan fingerprint density at radius 1 is 0.941 bits per heavy atom. The molecule has 0 saturated heterocycles. The fourth-order valence-electron chi connectivity index (χ4n) is 4.48. The lowest BCUT2D eigenvalue weighted by molar-refractivity contribution is 0.0744. The van der Waals surface area contributed by atoms with Crippen molar-refractivity contribution < 1.29 is 23.1 Å². The number of hydrogen-bond donors (Lipinski definition) is 0. The Kier molecular flexibility index (Phi) is 5.53. The number of halogens is 1. The van der Waals surface area contributed by atoms with E-state index in [1.165, 1.54) is 11.0 Å². The minimum absolute atomic E-state index is 0.0423. The lowest BCUT2D eigenvalue weighted by atomic mass is 10.0. The Morgan fingerprint density at radius 2 is 1.68 bits per heavy atom. The Hall–Kier alpha value is -4.13. The highest BCUT2D eigenvalue weighted by molar-refractivity contribution is 6.01. The smallest absolute Gasteiger partial charge is 0.262 e. The van der Waals surface area contributed by atoms with Gasteiger partial charge in [-0.1, -0.05) is 36.4 Å². The van der Waals surface area contributed by atoms with Crippen LogP contribution in [0.5, 0.6) is 11.5 Å². The first kappa shape index (κ1) is 21.7. The summed E-state index contributed by atoms with van der Waals surface area (Å²) in [5, 5.41) is 0.323. The second kappa shape index (κ2) is 8.67. The van der Waals surface area contributed by atoms with E-state index in [0.717, 1.165) is 5.56 Å². The molecule has 1 aliphatic rings. The van der Waals surface area contributed by atoms with Crippen molar-refractivity contribution in [2.75, 3.05) is 20.8 Å². The molecule has 0 bridgehead atoms. The number of carbonyl (C=O) groups excluding carboxylic acids is 1. The van der Waals surface area contributed by atoms with Gasteiger partial charge in [-0.25, -0.2) is 4.39 Å². The summed E-state index contributed by atoms with van der Waals surface area (Å²) in [7, 11) is 3.11. The van der Waals surface area contributed by atoms with Crippen molar-refractivity contribution in [3.8, 4) is 11.5 Å². The summed E-state index contributed by atoms with van der Waals surface area (Å²) in [6.07, 6.45) is 0.457. The molecule has 0 fully saturated rings. The zero-order valence-electron chi connectivity index (χ0n) is 18.7. The first-order chi connectivity index (χ1) is 16.5. The maximum absolute atomic E-state index is 14.9. The third-order valence-electron chi connectivity index (χ3n) is 6.15. The molecule has 172 valence electrons. The van der Waals surface area contributed by atoms with Crippen LogP contribution in [-0.2, 0) is 6.42 Å². The molecule has 1 aliphatic heterocycles. The molecule has 1 atom stereocenters. The Bertz CT molecular complexity index is 1460. The highest BCUT2D eigenvalue weighted by Crippen LogP contribution is 2.40. The van der Waals surface area contributed by atoms with Gasteiger partial charge in [-0.3, -0.25) is 9.59 Å². The van der Waals surface area contributed by atoms with Gasteiger partial charge in [0.05, 0.1) is 19.6 Å². The van der Waals surface area contributed by atoms with Gasteiger partial charge in [0, 0.05) is 12.1 Å². The lowest BCUT2D eigenvalue weighted by Gasteiger charge is -2.25. The summed E-state index contributed by atoms with van der Waals surface area (Å²) in [6, 6.07) is 17.7. The van der Waals surface area contributed by atoms with Crippen molar-refractivity contribution in [3.05, 3.63) is 105 Å². The zero-order chi connectivity index (χ0) is 23.8. The van der Waals surface area contributed by atoms with Gasteiger partial charge >= 0.3 is 0 Å². The van der Waals surface area contributed by atoms with Crippen LogP contribution in [0.2, 0.25) is 0 Å². The fraction of sp³-hybridized carbons (Fsp3) is 0.185. The predicted octanol–water partition coefficient (Wildman–Crippen LogP) is 4.74. The van der Waals surface area contributed by atoms with E-state index in [1.807, 2.05) is 12.1 Å². The molecule has 1 aromatic heterocycles. The number of methoxy groups -OCH3 is 2. The van der Waals surface area contributed by atoms with Gasteiger partial charge in [-0.15, -0.1) is 0 Å². The SMILES string of the molecule is COc1ccc(CCN2C(=O)c3c(oc4ccccc4c3=O)C2c2ccccc2F)cc1OC. The van der Waals surface area contributed by atoms with Crippen LogP contribution in [0.25, 0.3) is 11.0 Å². The molecule has 7 heteroatoms. The van der Waals surface area contributed by atoms with Crippen LogP contribution in [0, 0.1) is 5.82 Å². The largest absolute Gasteiger partial charge is 0.493 e. The molecule has 2 heterocycles. The molecule has 34 heavy (non-hydrogen) atoms. The topological polar surface area (TPSA) is 69.0 Å². The van der Waals surface area contributed by atoms with Crippen molar-refractivity contribution in [1.29, 1.82) is 0 Å². The molecular formula is C27H22FNO5. The second-order valence-electron chi connectivity index (χ2n) is 8.03. The number of benzene rings is 3. The van der Waals surface area contributed by atoms with E-state index < -0.39 is 23.2 Å². The van der Waals surface area contributed by atoms with Crippen molar-refractivity contribution in [2.24, 2.45) is 0 Å². The summed E-state index contributed by atoms with van der Waals surface area (Å²) in [5.74, 6) is 0.404. The quantitative estimate of drug-likeness (QED) is 0.417. The lowest BCUT2D eigenvalue weighted by Crippen LogP contribution is -2.32. The molecule has 6 nitrogen and oxygen atoms in total. The molecule has 0 N–H and O–H groups in total. The normalized spacial score (nSPS) is 15.0. The maximum atomic E-state index is 14.9. The van der Waals surface area contributed by atoms with Gasteiger partial charge in [0.25, 0.3) is 5.91 Å². The van der Waals surface area contributed by atoms with Crippen molar-refractivity contribution in [2.45, 2.75) is 12.5 Å². The van der Waals surface area contributed by atoms with Gasteiger partial charge in [0.2, 0.25) is 5.43 Å². The third-order valence-corrected chi connectivity index (χ3v) is 6.15. The first-order valence-electron chi connectivity index (χ1n) is 10.9. The molecule has 3 aromatic carbocycles. The van der Waals surface area contributed by atoms with Crippen LogP contribution in [0.4, 0.5) is 4.39 Å². The van der Waals surface area contributed by atoms with Gasteiger partial charge in [-0.2, -0.15) is 0 Å². The van der Waals surface area contributed by atoms with Crippen molar-refractivity contribution >= 4 is 16.9 Å². The van der Waals surface area contributed by atoms with Crippen molar-refractivity contribution in [3.63, 3.8) is 0 Å². The molecule has 1 amide bonds. The molecule has 1 unspecified atom stereocenters. The van der Waals surface area contributed by atoms with Crippen LogP contribution in [0.15, 0.2) is 75.9 Å². The average Bonchev–Trinajstić information content (AvgIpc) is 3.14. The molecule has 0 saturated carbocycles. The van der Waals surface area contributed by atoms with Crippen LogP contribution >= 0.6 is 0 Å². The summed E-state index contributed by atoms with van der Waals surface area (Å²) in [5.41, 5.74) is 1.09. The van der Waals surface area contributed by atoms with Gasteiger partial charge in [-0.05, 0) is 42.3 Å². The van der Waals surface area contributed by atoms with Crippen molar-refractivity contribution in [1.82, 2.24) is 4.90 Å². The van der Waals surface area contributed by atoms with Crippen LogP contribution in [0.1, 0.15) is 33.3 Å². The van der Waals surface area contributed by atoms with E-state index in [1.54, 1.807) is 62.8 Å². The van der Waals surface area contributed by atoms with E-state index in [2.05, 4.69) is 0 Å². The minimum atomic E-state index is -0.846. The number of fused-ring (bicyclic) bond motifs is 2. The third kappa shape index (κ3) is 3.50. The molecule has 0 aliphatic carbocycles. The van der Waals surface area contributed by atoms with Crippen LogP contribution in [0.3, 0.4) is 0 Å². The van der Waals surface area contributed by atoms with E-state index in [-0.39, 0.29) is 23.4 Å². The molecular weight excluding hydrogens is 437 g/mol. The highest BCUT2D eigenvalue weighted by atomic mass is 19.1. The number of amides is 1. The van der Waals surface area contributed by atoms with E-state index >= 15 is 0 Å². The monoisotopic (exact) mass is 459 g/mol. The fourth-order valence-corrected chi connectivity index (χ4v) is 4.48. The van der Waals surface area contributed by atoms with Gasteiger partial charge < -0.3 is 18.8 Å². The summed E-state index contributed by atoms with van der Waals surface area (Å²) in [6.45, 7) is 0.243. The minimum Gasteiger partial charge on any atom is -0.493 e. The molecule has 0 radical (unpaired) electrons. The number of ether oxygens (including phenoxy) is 2. The summed E-state index contributed by atoms with van der Waals surface area (Å²) < 4.78 is 31.6. The molecule has 5 rings (SSSR count). The number of hydrogen-bond acceptors (Lipinski definition) is 5. The van der Waals surface area contributed by atoms with E-state index in [4.69, 9.17) is 13.9 Å². The standard InChI is InChI=1S/C27H22FNO5/c1-32-21-12-11-16(15-22(21)33-2)13-14-29-24(17-7-3-5-9-19(17)28)26-23(27(29)31)25(30)18-8-4-6-10-20(18)34-26/h3-12,15,24H,13-14H2,1-2H3. The average molecular weight is 459 g/mol.